The Labute approximate surface area is 283 Å². The number of para-hydroxylation sites is 2. The molecule has 0 bridgehead atoms. The Kier molecular flexibility index (Phi) is 6.58. The molecule has 226 valence electrons. The van der Waals surface area contributed by atoms with Gasteiger partial charge >= 0.3 is 0 Å². The number of hydrogen-bond donors (Lipinski definition) is 0. The van der Waals surface area contributed by atoms with Crippen molar-refractivity contribution in [2.24, 2.45) is 0 Å². The van der Waals surface area contributed by atoms with Crippen LogP contribution in [0.15, 0.2) is 164 Å². The lowest BCUT2D eigenvalue weighted by Gasteiger charge is -2.19. The summed E-state index contributed by atoms with van der Waals surface area (Å²) >= 11 is 0. The van der Waals surface area contributed by atoms with E-state index in [0.29, 0.717) is 11.1 Å². The number of nitriles is 2. The van der Waals surface area contributed by atoms with Crippen molar-refractivity contribution in [3.63, 3.8) is 0 Å². The van der Waals surface area contributed by atoms with Gasteiger partial charge < -0.3 is 4.57 Å². The first-order chi connectivity index (χ1) is 24.2. The van der Waals surface area contributed by atoms with E-state index < -0.39 is 0 Å². The Hall–Kier alpha value is -6.94. The van der Waals surface area contributed by atoms with Gasteiger partial charge in [-0.15, -0.1) is 0 Å². The lowest BCUT2D eigenvalue weighted by molar-refractivity contribution is 1.18. The SMILES string of the molecule is N#Cc1ccc(-n2c3ccccc3c3ccccc32)c(-c2ccc(-c3c4ccccc4c(-c4ccccc4)c4ccccc34)cc2C#N)c1. The summed E-state index contributed by atoms with van der Waals surface area (Å²) in [6.07, 6.45) is 0. The lowest BCUT2D eigenvalue weighted by Crippen LogP contribution is -1.99. The summed E-state index contributed by atoms with van der Waals surface area (Å²) in [6, 6.07) is 61.2. The van der Waals surface area contributed by atoms with E-state index in [0.717, 1.165) is 60.5 Å². The summed E-state index contributed by atoms with van der Waals surface area (Å²) < 4.78 is 2.25. The smallest absolute Gasteiger partial charge is 0.0998 e. The number of nitrogens with zero attached hydrogens (tertiary/aromatic N) is 3. The zero-order valence-corrected chi connectivity index (χ0v) is 26.4. The van der Waals surface area contributed by atoms with Crippen molar-refractivity contribution in [2.75, 3.05) is 0 Å². The molecule has 0 aliphatic carbocycles. The highest BCUT2D eigenvalue weighted by atomic mass is 15.0. The molecular formula is C46H27N3. The number of aromatic nitrogens is 1. The lowest BCUT2D eigenvalue weighted by atomic mass is 9.85. The number of benzene rings is 8. The number of fused-ring (bicyclic) bond motifs is 5. The minimum absolute atomic E-state index is 0.543. The first-order valence-corrected chi connectivity index (χ1v) is 16.3. The summed E-state index contributed by atoms with van der Waals surface area (Å²) in [5, 5.41) is 27.6. The molecule has 9 rings (SSSR count). The van der Waals surface area contributed by atoms with E-state index in [1.165, 1.54) is 21.9 Å². The largest absolute Gasteiger partial charge is 0.309 e. The van der Waals surface area contributed by atoms with Gasteiger partial charge in [-0.1, -0.05) is 127 Å². The van der Waals surface area contributed by atoms with Crippen LogP contribution in [0, 0.1) is 22.7 Å². The van der Waals surface area contributed by atoms with E-state index in [2.05, 4.69) is 138 Å². The second kappa shape index (κ2) is 11.4. The molecule has 0 amide bonds. The first kappa shape index (κ1) is 28.3. The highest BCUT2D eigenvalue weighted by Gasteiger charge is 2.20. The van der Waals surface area contributed by atoms with Gasteiger partial charge in [0.1, 0.15) is 0 Å². The Bertz CT molecular complexity index is 2740. The summed E-state index contributed by atoms with van der Waals surface area (Å²) in [7, 11) is 0. The summed E-state index contributed by atoms with van der Waals surface area (Å²) in [4.78, 5) is 0. The molecule has 9 aromatic rings. The fraction of sp³-hybridized carbons (Fsp3) is 0. The van der Waals surface area contributed by atoms with Crippen molar-refractivity contribution < 1.29 is 0 Å². The Morgan fingerprint density at radius 3 is 1.45 bits per heavy atom. The van der Waals surface area contributed by atoms with E-state index in [9.17, 15) is 10.5 Å². The third kappa shape index (κ3) is 4.42. The van der Waals surface area contributed by atoms with Crippen LogP contribution >= 0.6 is 0 Å². The van der Waals surface area contributed by atoms with Gasteiger partial charge in [-0.3, -0.25) is 0 Å². The molecule has 0 radical (unpaired) electrons. The molecule has 0 saturated carbocycles. The molecule has 49 heavy (non-hydrogen) atoms. The highest BCUT2D eigenvalue weighted by molar-refractivity contribution is 6.21. The molecule has 0 aliphatic rings. The predicted molar refractivity (Wildman–Crippen MR) is 202 cm³/mol. The van der Waals surface area contributed by atoms with Crippen LogP contribution in [0.5, 0.6) is 0 Å². The molecule has 0 N–H and O–H groups in total. The van der Waals surface area contributed by atoms with Crippen LogP contribution in [0.4, 0.5) is 0 Å². The van der Waals surface area contributed by atoms with Gasteiger partial charge in [-0.25, -0.2) is 0 Å². The van der Waals surface area contributed by atoms with Crippen molar-refractivity contribution in [1.82, 2.24) is 4.57 Å². The monoisotopic (exact) mass is 621 g/mol. The first-order valence-electron chi connectivity index (χ1n) is 16.3. The maximum absolute atomic E-state index is 10.7. The Balaban J connectivity index is 1.31. The van der Waals surface area contributed by atoms with Crippen molar-refractivity contribution in [3.8, 4) is 51.2 Å². The molecule has 1 aromatic heterocycles. The zero-order valence-electron chi connectivity index (χ0n) is 26.4. The number of hydrogen-bond acceptors (Lipinski definition) is 2. The number of rotatable bonds is 4. The topological polar surface area (TPSA) is 52.5 Å². The summed E-state index contributed by atoms with van der Waals surface area (Å²) in [6.45, 7) is 0. The van der Waals surface area contributed by atoms with Crippen LogP contribution in [0.25, 0.3) is 82.4 Å². The van der Waals surface area contributed by atoms with Crippen LogP contribution < -0.4 is 0 Å². The molecule has 0 unspecified atom stereocenters. The van der Waals surface area contributed by atoms with Crippen molar-refractivity contribution >= 4 is 43.4 Å². The molecule has 8 aromatic carbocycles. The molecule has 0 spiro atoms. The van der Waals surface area contributed by atoms with Gasteiger partial charge in [-0.2, -0.15) is 10.5 Å². The molecule has 3 heteroatoms. The van der Waals surface area contributed by atoms with Crippen LogP contribution in [0.1, 0.15) is 11.1 Å². The molecule has 0 saturated heterocycles. The molecule has 3 nitrogen and oxygen atoms in total. The molecule has 1 heterocycles. The average molecular weight is 622 g/mol. The molecule has 0 atom stereocenters. The predicted octanol–water partition coefficient (Wildman–Crippen LogP) is 11.8. The van der Waals surface area contributed by atoms with Crippen LogP contribution in [-0.2, 0) is 0 Å². The van der Waals surface area contributed by atoms with Crippen LogP contribution in [-0.4, -0.2) is 4.57 Å². The van der Waals surface area contributed by atoms with Gasteiger partial charge in [0.05, 0.1) is 40.0 Å². The molecular weight excluding hydrogens is 595 g/mol. The molecule has 0 fully saturated rings. The van der Waals surface area contributed by atoms with Crippen LogP contribution in [0.3, 0.4) is 0 Å². The zero-order chi connectivity index (χ0) is 32.9. The Morgan fingerprint density at radius 2 is 0.898 bits per heavy atom. The highest BCUT2D eigenvalue weighted by Crippen LogP contribution is 2.45. The third-order valence-corrected chi connectivity index (χ3v) is 9.66. The second-order valence-corrected chi connectivity index (χ2v) is 12.3. The van der Waals surface area contributed by atoms with E-state index >= 15 is 0 Å². The van der Waals surface area contributed by atoms with Gasteiger partial charge in [0.25, 0.3) is 0 Å². The van der Waals surface area contributed by atoms with E-state index in [1.807, 2.05) is 42.5 Å². The standard InChI is InChI=1S/C46H27N3/c47-28-30-22-25-44(49-42-20-10-8-14-35(42)36-15-9-11-21-43(36)49)41(26-30)34-24-23-32(27-33(34)29-48)46-39-18-6-4-16-37(39)45(31-12-2-1-3-13-31)38-17-5-7-19-40(38)46/h1-27H. The van der Waals surface area contributed by atoms with Gasteiger partial charge in [0.2, 0.25) is 0 Å². The van der Waals surface area contributed by atoms with E-state index in [1.54, 1.807) is 0 Å². The maximum atomic E-state index is 10.7. The fourth-order valence-electron chi connectivity index (χ4n) is 7.58. The normalized spacial score (nSPS) is 11.2. The molecule has 0 aliphatic heterocycles. The van der Waals surface area contributed by atoms with Crippen molar-refractivity contribution in [2.45, 2.75) is 0 Å². The summed E-state index contributed by atoms with van der Waals surface area (Å²) in [5.41, 5.74) is 10.2. The van der Waals surface area contributed by atoms with E-state index in [4.69, 9.17) is 0 Å². The van der Waals surface area contributed by atoms with E-state index in [-0.39, 0.29) is 0 Å². The van der Waals surface area contributed by atoms with Gasteiger partial charge in [-0.05, 0) is 80.2 Å². The van der Waals surface area contributed by atoms with Gasteiger partial charge in [0, 0.05) is 21.9 Å². The van der Waals surface area contributed by atoms with Gasteiger partial charge in [0.15, 0.2) is 0 Å². The minimum atomic E-state index is 0.543. The second-order valence-electron chi connectivity index (χ2n) is 12.3. The average Bonchev–Trinajstić information content (AvgIpc) is 3.51. The van der Waals surface area contributed by atoms with Crippen molar-refractivity contribution in [1.29, 1.82) is 10.5 Å². The quantitative estimate of drug-likeness (QED) is 0.184. The Morgan fingerprint density at radius 1 is 0.388 bits per heavy atom. The minimum Gasteiger partial charge on any atom is -0.309 e. The van der Waals surface area contributed by atoms with Crippen molar-refractivity contribution in [3.05, 3.63) is 175 Å². The third-order valence-electron chi connectivity index (χ3n) is 9.66. The fourth-order valence-corrected chi connectivity index (χ4v) is 7.58. The van der Waals surface area contributed by atoms with Crippen LogP contribution in [0.2, 0.25) is 0 Å². The summed E-state index contributed by atoms with van der Waals surface area (Å²) in [5.74, 6) is 0. The maximum Gasteiger partial charge on any atom is 0.0998 e.